The summed E-state index contributed by atoms with van der Waals surface area (Å²) in [4.78, 5) is 2.25. The molecule has 0 aromatic carbocycles. The van der Waals surface area contributed by atoms with Gasteiger partial charge in [0.05, 0.1) is 0 Å². The van der Waals surface area contributed by atoms with Crippen molar-refractivity contribution in [3.63, 3.8) is 0 Å². The number of rotatable bonds is 5. The minimum atomic E-state index is 0.793. The molecule has 0 aliphatic rings. The fourth-order valence-corrected chi connectivity index (χ4v) is 0.743. The Kier molecular flexibility index (Phi) is 5.99. The van der Waals surface area contributed by atoms with E-state index in [1.165, 1.54) is 0 Å². The lowest BCUT2D eigenvalue weighted by Gasteiger charge is -2.13. The lowest BCUT2D eigenvalue weighted by molar-refractivity contribution is 0.337. The van der Waals surface area contributed by atoms with Crippen molar-refractivity contribution in [2.75, 3.05) is 26.7 Å². The SMILES string of the molecule is [CH2]CCN(C)CCCN. The summed E-state index contributed by atoms with van der Waals surface area (Å²) in [6, 6.07) is 0. The Morgan fingerprint density at radius 3 is 2.56 bits per heavy atom. The molecule has 0 saturated carbocycles. The van der Waals surface area contributed by atoms with Crippen molar-refractivity contribution in [3.8, 4) is 0 Å². The molecule has 0 bridgehead atoms. The summed E-state index contributed by atoms with van der Waals surface area (Å²) in [7, 11) is 2.10. The number of nitrogens with two attached hydrogens (primary N) is 1. The normalized spacial score (nSPS) is 10.7. The molecule has 0 aliphatic heterocycles. The highest BCUT2D eigenvalue weighted by atomic mass is 15.1. The van der Waals surface area contributed by atoms with Crippen LogP contribution in [-0.4, -0.2) is 31.6 Å². The van der Waals surface area contributed by atoms with Crippen LogP contribution in [0.3, 0.4) is 0 Å². The molecule has 0 amide bonds. The van der Waals surface area contributed by atoms with E-state index in [2.05, 4.69) is 18.9 Å². The molecule has 9 heavy (non-hydrogen) atoms. The standard InChI is InChI=1S/C7H17N2/c1-3-6-9(2)7-4-5-8/h1,3-8H2,2H3. The molecule has 0 aromatic rings. The smallest absolute Gasteiger partial charge is 0.000977 e. The van der Waals surface area contributed by atoms with Crippen LogP contribution >= 0.6 is 0 Å². The number of hydrogen-bond donors (Lipinski definition) is 1. The van der Waals surface area contributed by atoms with E-state index in [4.69, 9.17) is 5.73 Å². The highest BCUT2D eigenvalue weighted by Gasteiger charge is 1.92. The predicted octanol–water partition coefficient (Wildman–Crippen LogP) is 0.491. The van der Waals surface area contributed by atoms with Crippen LogP contribution in [0.4, 0.5) is 0 Å². The molecular formula is C7H17N2. The van der Waals surface area contributed by atoms with Gasteiger partial charge in [-0.05, 0) is 39.5 Å². The minimum absolute atomic E-state index is 0.793. The van der Waals surface area contributed by atoms with Gasteiger partial charge in [0.1, 0.15) is 0 Å². The van der Waals surface area contributed by atoms with Gasteiger partial charge in [0, 0.05) is 0 Å². The number of hydrogen-bond acceptors (Lipinski definition) is 2. The fourth-order valence-electron chi connectivity index (χ4n) is 0.743. The van der Waals surface area contributed by atoms with Crippen LogP contribution in [0.25, 0.3) is 0 Å². The van der Waals surface area contributed by atoms with Gasteiger partial charge >= 0.3 is 0 Å². The van der Waals surface area contributed by atoms with Crippen molar-refractivity contribution in [2.45, 2.75) is 12.8 Å². The van der Waals surface area contributed by atoms with Crippen molar-refractivity contribution < 1.29 is 0 Å². The molecule has 0 rings (SSSR count). The van der Waals surface area contributed by atoms with Gasteiger partial charge in [0.15, 0.2) is 0 Å². The van der Waals surface area contributed by atoms with E-state index in [0.717, 1.165) is 32.5 Å². The van der Waals surface area contributed by atoms with Crippen LogP contribution < -0.4 is 5.73 Å². The molecule has 0 heterocycles. The van der Waals surface area contributed by atoms with E-state index in [0.29, 0.717) is 0 Å². The molecule has 0 atom stereocenters. The van der Waals surface area contributed by atoms with Crippen LogP contribution in [0.2, 0.25) is 0 Å². The Bertz CT molecular complexity index is 54.9. The summed E-state index contributed by atoms with van der Waals surface area (Å²) in [5.41, 5.74) is 5.33. The van der Waals surface area contributed by atoms with Gasteiger partial charge in [-0.15, -0.1) is 0 Å². The lowest BCUT2D eigenvalue weighted by Crippen LogP contribution is -2.22. The Morgan fingerprint density at radius 2 is 2.11 bits per heavy atom. The van der Waals surface area contributed by atoms with Gasteiger partial charge in [0.2, 0.25) is 0 Å². The molecule has 0 saturated heterocycles. The maximum Gasteiger partial charge on any atom is -0.000977 e. The van der Waals surface area contributed by atoms with Crippen LogP contribution in [0.15, 0.2) is 0 Å². The van der Waals surface area contributed by atoms with Crippen LogP contribution in [0.5, 0.6) is 0 Å². The second-order valence-corrected chi connectivity index (χ2v) is 2.30. The van der Waals surface area contributed by atoms with E-state index in [1.54, 1.807) is 0 Å². The first-order valence-electron chi connectivity index (χ1n) is 3.49. The second kappa shape index (κ2) is 6.05. The first kappa shape index (κ1) is 8.92. The van der Waals surface area contributed by atoms with Crippen molar-refractivity contribution in [1.29, 1.82) is 0 Å². The molecule has 2 heteroatoms. The van der Waals surface area contributed by atoms with E-state index in [9.17, 15) is 0 Å². The molecule has 0 fully saturated rings. The van der Waals surface area contributed by atoms with Gasteiger partial charge in [-0.3, -0.25) is 0 Å². The van der Waals surface area contributed by atoms with Crippen LogP contribution in [0.1, 0.15) is 12.8 Å². The zero-order valence-corrected chi connectivity index (χ0v) is 6.27. The average molecular weight is 129 g/mol. The maximum atomic E-state index is 5.33. The third-order valence-corrected chi connectivity index (χ3v) is 1.28. The zero-order chi connectivity index (χ0) is 7.11. The molecule has 1 radical (unpaired) electrons. The molecule has 2 nitrogen and oxygen atoms in total. The largest absolute Gasteiger partial charge is 0.330 e. The second-order valence-electron chi connectivity index (χ2n) is 2.30. The molecule has 2 N–H and O–H groups in total. The predicted molar refractivity (Wildman–Crippen MR) is 41.1 cm³/mol. The van der Waals surface area contributed by atoms with Crippen molar-refractivity contribution >= 4 is 0 Å². The van der Waals surface area contributed by atoms with E-state index >= 15 is 0 Å². The molecule has 0 aromatic heterocycles. The fraction of sp³-hybridized carbons (Fsp3) is 0.857. The van der Waals surface area contributed by atoms with Crippen molar-refractivity contribution in [3.05, 3.63) is 6.92 Å². The van der Waals surface area contributed by atoms with E-state index in [-0.39, 0.29) is 0 Å². The first-order chi connectivity index (χ1) is 4.31. The zero-order valence-electron chi connectivity index (χ0n) is 6.27. The summed E-state index contributed by atoms with van der Waals surface area (Å²) in [6.45, 7) is 6.74. The Balaban J connectivity index is 2.95. The third kappa shape index (κ3) is 5.80. The summed E-state index contributed by atoms with van der Waals surface area (Å²) >= 11 is 0. The van der Waals surface area contributed by atoms with Gasteiger partial charge in [-0.2, -0.15) is 0 Å². The number of nitrogens with zero attached hydrogens (tertiary/aromatic N) is 1. The molecule has 0 unspecified atom stereocenters. The average Bonchev–Trinajstić information content (AvgIpc) is 1.85. The van der Waals surface area contributed by atoms with Gasteiger partial charge in [0.25, 0.3) is 0 Å². The van der Waals surface area contributed by atoms with Crippen LogP contribution in [-0.2, 0) is 0 Å². The Morgan fingerprint density at radius 1 is 1.44 bits per heavy atom. The summed E-state index contributed by atoms with van der Waals surface area (Å²) in [5.74, 6) is 0. The van der Waals surface area contributed by atoms with Crippen molar-refractivity contribution in [1.82, 2.24) is 4.90 Å². The Labute approximate surface area is 58.0 Å². The van der Waals surface area contributed by atoms with Gasteiger partial charge in [-0.1, -0.05) is 6.92 Å². The van der Waals surface area contributed by atoms with E-state index < -0.39 is 0 Å². The highest BCUT2D eigenvalue weighted by Crippen LogP contribution is 1.86. The highest BCUT2D eigenvalue weighted by molar-refractivity contribution is 4.52. The van der Waals surface area contributed by atoms with Crippen molar-refractivity contribution in [2.24, 2.45) is 5.73 Å². The summed E-state index contributed by atoms with van der Waals surface area (Å²) < 4.78 is 0. The quantitative estimate of drug-likeness (QED) is 0.585. The lowest BCUT2D eigenvalue weighted by atomic mass is 10.3. The minimum Gasteiger partial charge on any atom is -0.330 e. The molecular weight excluding hydrogens is 112 g/mol. The Hall–Kier alpha value is -0.0800. The topological polar surface area (TPSA) is 29.3 Å². The third-order valence-electron chi connectivity index (χ3n) is 1.28. The van der Waals surface area contributed by atoms with E-state index in [1.807, 2.05) is 0 Å². The summed E-state index contributed by atoms with van der Waals surface area (Å²) in [6.07, 6.45) is 2.08. The maximum absolute atomic E-state index is 5.33. The van der Waals surface area contributed by atoms with Gasteiger partial charge < -0.3 is 10.6 Å². The first-order valence-corrected chi connectivity index (χ1v) is 3.49. The van der Waals surface area contributed by atoms with Crippen LogP contribution in [0, 0.1) is 6.92 Å². The molecule has 0 spiro atoms. The summed E-state index contributed by atoms with van der Waals surface area (Å²) in [5, 5.41) is 0. The molecule has 0 aliphatic carbocycles. The monoisotopic (exact) mass is 129 g/mol. The van der Waals surface area contributed by atoms with Gasteiger partial charge in [-0.25, -0.2) is 0 Å². The molecule has 55 valence electrons.